The highest BCUT2D eigenvalue weighted by atomic mass is 28.3. The van der Waals surface area contributed by atoms with Crippen molar-refractivity contribution in [3.63, 3.8) is 0 Å². The summed E-state index contributed by atoms with van der Waals surface area (Å²) in [6, 6.07) is 43.0. The van der Waals surface area contributed by atoms with E-state index >= 15 is 0 Å². The average Bonchev–Trinajstić information content (AvgIpc) is 3.23. The van der Waals surface area contributed by atoms with Gasteiger partial charge >= 0.3 is 0 Å². The van der Waals surface area contributed by atoms with Gasteiger partial charge < -0.3 is 0 Å². The highest BCUT2D eigenvalue weighted by Gasteiger charge is 2.33. The SMILES string of the molecule is C[Si]1c2cc3ccccc3cc2-c2nc(-c3ccccc3)nc(-c3cccc(-c4ccccc4)c3)c21. The first-order valence-corrected chi connectivity index (χ1v) is 14.3. The van der Waals surface area contributed by atoms with Crippen LogP contribution in [0.15, 0.2) is 121 Å². The van der Waals surface area contributed by atoms with E-state index < -0.39 is 8.80 Å². The van der Waals surface area contributed by atoms with Gasteiger partial charge in [0, 0.05) is 16.7 Å². The Kier molecular flexibility index (Phi) is 4.90. The topological polar surface area (TPSA) is 25.8 Å². The molecule has 1 aliphatic rings. The Hall–Kier alpha value is -4.34. The fraction of sp³-hybridized carbons (Fsp3) is 0.0303. The van der Waals surface area contributed by atoms with E-state index in [4.69, 9.17) is 9.97 Å². The van der Waals surface area contributed by atoms with Crippen LogP contribution in [0.3, 0.4) is 0 Å². The van der Waals surface area contributed by atoms with Crippen LogP contribution in [-0.2, 0) is 0 Å². The summed E-state index contributed by atoms with van der Waals surface area (Å²) in [6.45, 7) is 2.39. The molecule has 0 amide bonds. The van der Waals surface area contributed by atoms with Gasteiger partial charge in [0.25, 0.3) is 0 Å². The number of rotatable bonds is 3. The van der Waals surface area contributed by atoms with Crippen molar-refractivity contribution < 1.29 is 0 Å². The molecule has 6 aromatic rings. The van der Waals surface area contributed by atoms with Crippen molar-refractivity contribution in [3.8, 4) is 45.0 Å². The molecule has 0 fully saturated rings. The molecule has 0 saturated heterocycles. The van der Waals surface area contributed by atoms with Gasteiger partial charge in [-0.1, -0.05) is 116 Å². The van der Waals surface area contributed by atoms with Gasteiger partial charge in [-0.05, 0) is 44.4 Å². The first-order valence-electron chi connectivity index (χ1n) is 12.3. The second-order valence-corrected chi connectivity index (χ2v) is 11.6. The van der Waals surface area contributed by atoms with Crippen molar-refractivity contribution in [2.75, 3.05) is 0 Å². The van der Waals surface area contributed by atoms with E-state index in [1.54, 1.807) is 0 Å². The molecule has 2 nitrogen and oxygen atoms in total. The molecule has 5 aromatic carbocycles. The van der Waals surface area contributed by atoms with Gasteiger partial charge in [-0.2, -0.15) is 0 Å². The minimum Gasteiger partial charge on any atom is -0.228 e. The summed E-state index contributed by atoms with van der Waals surface area (Å²) in [5.74, 6) is 0.783. The Morgan fingerprint density at radius 2 is 1.08 bits per heavy atom. The predicted octanol–water partition coefficient (Wildman–Crippen LogP) is 6.85. The molecule has 0 N–H and O–H groups in total. The Morgan fingerprint density at radius 3 is 1.83 bits per heavy atom. The molecular formula is C33H23N2Si. The number of aromatic nitrogens is 2. The van der Waals surface area contributed by atoms with Gasteiger partial charge in [0.2, 0.25) is 0 Å². The molecule has 0 atom stereocenters. The second kappa shape index (κ2) is 8.40. The van der Waals surface area contributed by atoms with E-state index in [9.17, 15) is 0 Å². The zero-order valence-corrected chi connectivity index (χ0v) is 20.9. The van der Waals surface area contributed by atoms with Crippen molar-refractivity contribution in [1.29, 1.82) is 0 Å². The molecule has 1 radical (unpaired) electrons. The maximum absolute atomic E-state index is 5.24. The van der Waals surface area contributed by atoms with Crippen LogP contribution in [-0.4, -0.2) is 18.8 Å². The summed E-state index contributed by atoms with van der Waals surface area (Å²) in [5.41, 5.74) is 8.03. The lowest BCUT2D eigenvalue weighted by Crippen LogP contribution is -2.36. The van der Waals surface area contributed by atoms with E-state index in [1.165, 1.54) is 37.8 Å². The third-order valence-electron chi connectivity index (χ3n) is 7.10. The molecule has 1 aliphatic heterocycles. The molecule has 169 valence electrons. The number of fused-ring (bicyclic) bond motifs is 4. The summed E-state index contributed by atoms with van der Waals surface area (Å²) < 4.78 is 0. The molecule has 0 bridgehead atoms. The van der Waals surface area contributed by atoms with Crippen LogP contribution in [0.2, 0.25) is 6.55 Å². The lowest BCUT2D eigenvalue weighted by molar-refractivity contribution is 1.20. The lowest BCUT2D eigenvalue weighted by atomic mass is 10.00. The Morgan fingerprint density at radius 1 is 0.500 bits per heavy atom. The Balaban J connectivity index is 1.50. The lowest BCUT2D eigenvalue weighted by Gasteiger charge is -2.14. The summed E-state index contributed by atoms with van der Waals surface area (Å²) in [6.07, 6.45) is 0. The highest BCUT2D eigenvalue weighted by molar-refractivity contribution is 6.89. The summed E-state index contributed by atoms with van der Waals surface area (Å²) in [5, 5.41) is 5.28. The third kappa shape index (κ3) is 3.40. The normalized spacial score (nSPS) is 12.5. The summed E-state index contributed by atoms with van der Waals surface area (Å²) in [7, 11) is -1.04. The molecule has 2 heterocycles. The van der Waals surface area contributed by atoms with Gasteiger partial charge in [-0.3, -0.25) is 0 Å². The standard InChI is InChI=1S/C33H23N2Si/c1-36-29-21-26-16-9-8-15-25(26)20-28(29)31-32(36)30(34-33(35-31)23-13-6-3-7-14-23)27-18-10-17-24(19-27)22-11-4-2-5-12-22/h2-21H,1H3. The molecule has 36 heavy (non-hydrogen) atoms. The highest BCUT2D eigenvalue weighted by Crippen LogP contribution is 2.33. The van der Waals surface area contributed by atoms with Crippen molar-refractivity contribution in [2.45, 2.75) is 6.55 Å². The average molecular weight is 476 g/mol. The molecule has 7 rings (SSSR count). The van der Waals surface area contributed by atoms with Crippen LogP contribution in [0, 0.1) is 0 Å². The van der Waals surface area contributed by atoms with E-state index in [0.717, 1.165) is 28.3 Å². The van der Waals surface area contributed by atoms with Crippen molar-refractivity contribution in [3.05, 3.63) is 121 Å². The van der Waals surface area contributed by atoms with Gasteiger partial charge in [0.1, 0.15) is 8.80 Å². The van der Waals surface area contributed by atoms with Crippen LogP contribution in [0.4, 0.5) is 0 Å². The number of benzene rings is 5. The molecule has 0 aliphatic carbocycles. The molecule has 3 heteroatoms. The van der Waals surface area contributed by atoms with Gasteiger partial charge in [-0.25, -0.2) is 9.97 Å². The first-order chi connectivity index (χ1) is 17.8. The minimum absolute atomic E-state index is 0.783. The molecular weight excluding hydrogens is 452 g/mol. The maximum atomic E-state index is 5.24. The van der Waals surface area contributed by atoms with E-state index in [2.05, 4.69) is 122 Å². The van der Waals surface area contributed by atoms with Crippen LogP contribution in [0.25, 0.3) is 55.8 Å². The van der Waals surface area contributed by atoms with Crippen molar-refractivity contribution >= 4 is 29.9 Å². The molecule has 0 unspecified atom stereocenters. The summed E-state index contributed by atoms with van der Waals surface area (Å²) in [4.78, 5) is 10.4. The van der Waals surface area contributed by atoms with Crippen LogP contribution in [0.5, 0.6) is 0 Å². The van der Waals surface area contributed by atoms with E-state index in [-0.39, 0.29) is 0 Å². The predicted molar refractivity (Wildman–Crippen MR) is 152 cm³/mol. The fourth-order valence-corrected chi connectivity index (χ4v) is 7.63. The Labute approximate surface area is 212 Å². The summed E-state index contributed by atoms with van der Waals surface area (Å²) >= 11 is 0. The second-order valence-electron chi connectivity index (χ2n) is 9.30. The molecule has 1 aromatic heterocycles. The third-order valence-corrected chi connectivity index (χ3v) is 9.55. The van der Waals surface area contributed by atoms with Crippen LogP contribution < -0.4 is 10.4 Å². The smallest absolute Gasteiger partial charge is 0.160 e. The quantitative estimate of drug-likeness (QED) is 0.262. The minimum atomic E-state index is -1.04. The number of nitrogens with zero attached hydrogens (tertiary/aromatic N) is 2. The van der Waals surface area contributed by atoms with E-state index in [1.807, 2.05) is 6.07 Å². The van der Waals surface area contributed by atoms with Crippen molar-refractivity contribution in [2.24, 2.45) is 0 Å². The van der Waals surface area contributed by atoms with Gasteiger partial charge in [-0.15, -0.1) is 0 Å². The number of hydrogen-bond donors (Lipinski definition) is 0. The first kappa shape index (κ1) is 21.0. The maximum Gasteiger partial charge on any atom is 0.160 e. The van der Waals surface area contributed by atoms with Gasteiger partial charge in [0.05, 0.1) is 11.4 Å². The van der Waals surface area contributed by atoms with Gasteiger partial charge in [0.15, 0.2) is 5.82 Å². The zero-order chi connectivity index (χ0) is 24.1. The largest absolute Gasteiger partial charge is 0.228 e. The van der Waals surface area contributed by atoms with Crippen LogP contribution in [0.1, 0.15) is 0 Å². The molecule has 0 spiro atoms. The number of hydrogen-bond acceptors (Lipinski definition) is 2. The zero-order valence-electron chi connectivity index (χ0n) is 19.9. The van der Waals surface area contributed by atoms with Crippen LogP contribution >= 0.6 is 0 Å². The van der Waals surface area contributed by atoms with E-state index in [0.29, 0.717) is 0 Å². The Bertz CT molecular complexity index is 1740. The van der Waals surface area contributed by atoms with Crippen molar-refractivity contribution in [1.82, 2.24) is 9.97 Å². The monoisotopic (exact) mass is 475 g/mol. The fourth-order valence-electron chi connectivity index (χ4n) is 5.29. The molecule has 0 saturated carbocycles.